The van der Waals surface area contributed by atoms with E-state index in [9.17, 15) is 14.4 Å². The Balaban J connectivity index is 0.00000154. The van der Waals surface area contributed by atoms with E-state index in [4.69, 9.17) is 37.0 Å². The minimum atomic E-state index is -1.44. The van der Waals surface area contributed by atoms with Crippen LogP contribution in [-0.4, -0.2) is 76.3 Å². The molecule has 0 bridgehead atoms. The summed E-state index contributed by atoms with van der Waals surface area (Å²) in [6, 6.07) is 0. The average molecular weight is 526 g/mol. The molecule has 2 aromatic rings. The van der Waals surface area contributed by atoms with Gasteiger partial charge in [-0.25, -0.2) is 14.8 Å². The number of terminal acetylenes is 1. The number of fused-ring (bicyclic) bond motifs is 1. The van der Waals surface area contributed by atoms with Gasteiger partial charge in [-0.05, 0) is 32.5 Å². The van der Waals surface area contributed by atoms with Crippen LogP contribution in [0.5, 0.6) is 0 Å². The molecule has 1 fully saturated rings. The van der Waals surface area contributed by atoms with Gasteiger partial charge in [-0.2, -0.15) is 4.98 Å². The van der Waals surface area contributed by atoms with Gasteiger partial charge in [-0.15, -0.1) is 6.42 Å². The molecule has 2 N–H and O–H groups in total. The Bertz CT molecular complexity index is 1070. The SMILES string of the molecule is C#CC1C(COC(C=O)C(=O)OCC)OC(n2cnc3c(C)nc(Cl)nc32)C1OC(C)=O.CC.CN. The van der Waals surface area contributed by atoms with Gasteiger partial charge < -0.3 is 24.7 Å². The van der Waals surface area contributed by atoms with E-state index in [1.807, 2.05) is 13.8 Å². The Labute approximate surface area is 214 Å². The Morgan fingerprint density at radius 1 is 1.36 bits per heavy atom. The van der Waals surface area contributed by atoms with Crippen molar-refractivity contribution < 1.29 is 33.3 Å². The first-order valence-corrected chi connectivity index (χ1v) is 11.6. The highest BCUT2D eigenvalue weighted by atomic mass is 35.5. The molecule has 3 rings (SSSR count). The van der Waals surface area contributed by atoms with Gasteiger partial charge >= 0.3 is 11.9 Å². The number of carbonyl (C=O) groups excluding carboxylic acids is 3. The van der Waals surface area contributed by atoms with E-state index in [1.54, 1.807) is 13.8 Å². The van der Waals surface area contributed by atoms with E-state index in [2.05, 4.69) is 26.6 Å². The molecule has 0 saturated carbocycles. The van der Waals surface area contributed by atoms with Crippen molar-refractivity contribution >= 4 is 41.0 Å². The number of halogens is 1. The average Bonchev–Trinajstić information content (AvgIpc) is 3.42. The number of esters is 2. The summed E-state index contributed by atoms with van der Waals surface area (Å²) in [5.74, 6) is 0.395. The molecular weight excluding hydrogens is 494 g/mol. The van der Waals surface area contributed by atoms with Crippen molar-refractivity contribution in [2.45, 2.75) is 59.2 Å². The highest BCUT2D eigenvalue weighted by molar-refractivity contribution is 6.28. The molecule has 5 atom stereocenters. The lowest BCUT2D eigenvalue weighted by molar-refractivity contribution is -0.162. The number of hydrogen-bond donors (Lipinski definition) is 1. The topological polar surface area (TPSA) is 158 Å². The van der Waals surface area contributed by atoms with Crippen LogP contribution in [0, 0.1) is 25.2 Å². The van der Waals surface area contributed by atoms with Crippen LogP contribution in [0.15, 0.2) is 6.33 Å². The summed E-state index contributed by atoms with van der Waals surface area (Å²) in [5, 5.41) is 0.00966. The highest BCUT2D eigenvalue weighted by Gasteiger charge is 2.48. The van der Waals surface area contributed by atoms with Gasteiger partial charge in [0.25, 0.3) is 0 Å². The molecule has 36 heavy (non-hydrogen) atoms. The largest absolute Gasteiger partial charge is 0.464 e. The van der Waals surface area contributed by atoms with E-state index in [-0.39, 0.29) is 18.5 Å². The third-order valence-electron chi connectivity index (χ3n) is 4.77. The maximum atomic E-state index is 11.8. The second-order valence-electron chi connectivity index (χ2n) is 6.88. The second-order valence-corrected chi connectivity index (χ2v) is 7.21. The first-order chi connectivity index (χ1) is 17.3. The first-order valence-electron chi connectivity index (χ1n) is 11.3. The summed E-state index contributed by atoms with van der Waals surface area (Å²) in [5.41, 5.74) is 5.90. The number of hydrogen-bond acceptors (Lipinski definition) is 11. The van der Waals surface area contributed by atoms with Crippen LogP contribution in [0.4, 0.5) is 0 Å². The third-order valence-corrected chi connectivity index (χ3v) is 4.94. The lowest BCUT2D eigenvalue weighted by atomic mass is 9.99. The Kier molecular flexibility index (Phi) is 13.0. The zero-order chi connectivity index (χ0) is 27.4. The normalized spacial score (nSPS) is 21.2. The quantitative estimate of drug-likeness (QED) is 0.175. The highest BCUT2D eigenvalue weighted by Crippen LogP contribution is 2.38. The number of aldehydes is 1. The van der Waals surface area contributed by atoms with Gasteiger partial charge in [0.05, 0.1) is 31.2 Å². The van der Waals surface area contributed by atoms with Crippen molar-refractivity contribution in [1.29, 1.82) is 0 Å². The van der Waals surface area contributed by atoms with Gasteiger partial charge in [0, 0.05) is 6.92 Å². The lowest BCUT2D eigenvalue weighted by Gasteiger charge is -2.21. The molecule has 0 amide bonds. The predicted octanol–water partition coefficient (Wildman–Crippen LogP) is 1.61. The van der Waals surface area contributed by atoms with Gasteiger partial charge in [0.1, 0.15) is 11.6 Å². The van der Waals surface area contributed by atoms with Gasteiger partial charge in [-0.1, -0.05) is 19.8 Å². The van der Waals surface area contributed by atoms with E-state index >= 15 is 0 Å². The summed E-state index contributed by atoms with van der Waals surface area (Å²) in [7, 11) is 1.50. The number of nitrogens with zero attached hydrogens (tertiary/aromatic N) is 4. The molecule has 2 aromatic heterocycles. The summed E-state index contributed by atoms with van der Waals surface area (Å²) < 4.78 is 23.2. The van der Waals surface area contributed by atoms with Crippen LogP contribution in [-0.2, 0) is 33.3 Å². The van der Waals surface area contributed by atoms with Crippen LogP contribution in [0.25, 0.3) is 11.2 Å². The molecule has 13 heteroatoms. The summed E-state index contributed by atoms with van der Waals surface area (Å²) >= 11 is 6.00. The smallest absolute Gasteiger partial charge is 0.342 e. The standard InChI is InChI=1S/C20H21ClN4O7.C2H6.CH5N/c1-5-12-14(8-30-13(7-26)19(28)29-6-2)32-18(16(12)31-11(4)27)25-9-22-15-10(3)23-20(21)24-17(15)25;2*1-2/h1,7,9,12-14,16,18H,6,8H2,2-4H3;1-2H3;2H2,1H3. The number of nitrogens with two attached hydrogens (primary N) is 1. The molecule has 0 aromatic carbocycles. The zero-order valence-corrected chi connectivity index (χ0v) is 21.9. The van der Waals surface area contributed by atoms with Gasteiger partial charge in [-0.3, -0.25) is 14.2 Å². The molecule has 1 aliphatic rings. The van der Waals surface area contributed by atoms with Crippen LogP contribution < -0.4 is 5.73 Å². The number of aromatic nitrogens is 4. The number of aryl methyl sites for hydroxylation is 1. The zero-order valence-electron chi connectivity index (χ0n) is 21.1. The fourth-order valence-corrected chi connectivity index (χ4v) is 3.63. The Morgan fingerprint density at radius 2 is 2.03 bits per heavy atom. The minimum absolute atomic E-state index is 0.00966. The number of carbonyl (C=O) groups is 3. The fraction of sp³-hybridized carbons (Fsp3) is 0.565. The number of imidazole rings is 1. The van der Waals surface area contributed by atoms with E-state index < -0.39 is 42.4 Å². The molecule has 12 nitrogen and oxygen atoms in total. The summed E-state index contributed by atoms with van der Waals surface area (Å²) in [6.45, 7) is 8.44. The van der Waals surface area contributed by atoms with Crippen molar-refractivity contribution in [2.75, 3.05) is 20.3 Å². The van der Waals surface area contributed by atoms with Gasteiger partial charge in [0.15, 0.2) is 24.3 Å². The molecule has 1 aliphatic heterocycles. The molecule has 0 aliphatic carbocycles. The summed E-state index contributed by atoms with van der Waals surface area (Å²) in [4.78, 5) is 47.4. The Hall–Kier alpha value is -3.11. The van der Waals surface area contributed by atoms with Crippen molar-refractivity contribution in [2.24, 2.45) is 11.7 Å². The van der Waals surface area contributed by atoms with E-state index in [0.29, 0.717) is 23.1 Å². The predicted molar refractivity (Wildman–Crippen MR) is 131 cm³/mol. The molecule has 5 unspecified atom stereocenters. The monoisotopic (exact) mass is 525 g/mol. The molecule has 3 heterocycles. The maximum absolute atomic E-state index is 11.8. The van der Waals surface area contributed by atoms with Crippen molar-refractivity contribution in [3.8, 4) is 12.3 Å². The van der Waals surface area contributed by atoms with Crippen LogP contribution >= 0.6 is 11.6 Å². The molecular formula is C23H32ClN5O7. The maximum Gasteiger partial charge on any atom is 0.342 e. The Morgan fingerprint density at radius 3 is 2.58 bits per heavy atom. The third kappa shape index (κ3) is 7.20. The van der Waals surface area contributed by atoms with Crippen LogP contribution in [0.1, 0.15) is 39.6 Å². The van der Waals surface area contributed by atoms with Crippen LogP contribution in [0.3, 0.4) is 0 Å². The number of ether oxygens (including phenoxy) is 4. The molecule has 0 radical (unpaired) electrons. The number of rotatable bonds is 8. The van der Waals surface area contributed by atoms with Crippen molar-refractivity contribution in [1.82, 2.24) is 19.5 Å². The van der Waals surface area contributed by atoms with Crippen molar-refractivity contribution in [3.05, 3.63) is 17.3 Å². The first kappa shape index (κ1) is 30.9. The van der Waals surface area contributed by atoms with Crippen LogP contribution in [0.2, 0.25) is 5.28 Å². The van der Waals surface area contributed by atoms with E-state index in [0.717, 1.165) is 0 Å². The molecule has 198 valence electrons. The lowest BCUT2D eigenvalue weighted by Crippen LogP contribution is -2.35. The second kappa shape index (κ2) is 15.1. The fourth-order valence-electron chi connectivity index (χ4n) is 3.42. The molecule has 0 spiro atoms. The van der Waals surface area contributed by atoms with Crippen molar-refractivity contribution in [3.63, 3.8) is 0 Å². The molecule has 1 saturated heterocycles. The summed E-state index contributed by atoms with van der Waals surface area (Å²) in [6.07, 6.45) is 3.39. The van der Waals surface area contributed by atoms with Gasteiger partial charge in [0.2, 0.25) is 11.4 Å². The minimum Gasteiger partial charge on any atom is -0.464 e. The van der Waals surface area contributed by atoms with E-state index in [1.165, 1.54) is 24.9 Å².